The molecule has 2 heterocycles. The van der Waals surface area contributed by atoms with Crippen LogP contribution in [0, 0.1) is 0 Å². The molecule has 0 spiro atoms. The van der Waals surface area contributed by atoms with Crippen LogP contribution in [0.5, 0.6) is 5.75 Å². The number of rotatable bonds is 7. The van der Waals surface area contributed by atoms with E-state index >= 15 is 0 Å². The molecule has 1 amide bonds. The molecule has 124 valence electrons. The molecule has 24 heavy (non-hydrogen) atoms. The molecule has 1 saturated heterocycles. The summed E-state index contributed by atoms with van der Waals surface area (Å²) in [5.41, 5.74) is 0.846. The molecule has 0 unspecified atom stereocenters. The maximum atomic E-state index is 11.1. The largest absolute Gasteiger partial charge is 0.493 e. The molecule has 0 radical (unpaired) electrons. The Morgan fingerprint density at radius 3 is 3.12 bits per heavy atom. The monoisotopic (exact) mass is 343 g/mol. The van der Waals surface area contributed by atoms with Crippen molar-refractivity contribution in [2.75, 3.05) is 12.4 Å². The summed E-state index contributed by atoms with van der Waals surface area (Å²) in [5.74, 6) is 1.11. The third kappa shape index (κ3) is 4.69. The fourth-order valence-corrected chi connectivity index (χ4v) is 2.72. The topological polar surface area (TPSA) is 80.9 Å². The minimum atomic E-state index is -0.0458. The van der Waals surface area contributed by atoms with Gasteiger partial charge in [0.1, 0.15) is 5.75 Å². The summed E-state index contributed by atoms with van der Waals surface area (Å²) < 4.78 is 7.84. The summed E-state index contributed by atoms with van der Waals surface area (Å²) in [7, 11) is 0. The highest BCUT2D eigenvalue weighted by atomic mass is 32.2. The van der Waals surface area contributed by atoms with Gasteiger partial charge in [0, 0.05) is 24.5 Å². The van der Waals surface area contributed by atoms with Gasteiger partial charge >= 0.3 is 0 Å². The fourth-order valence-electron chi connectivity index (χ4n) is 2.09. The van der Waals surface area contributed by atoms with Gasteiger partial charge in [-0.3, -0.25) is 4.79 Å². The predicted molar refractivity (Wildman–Crippen MR) is 94.4 cm³/mol. The first-order valence-electron chi connectivity index (χ1n) is 7.52. The number of benzene rings is 1. The number of nitrogens with zero attached hydrogens (tertiary/aromatic N) is 4. The van der Waals surface area contributed by atoms with Gasteiger partial charge in [0.15, 0.2) is 5.17 Å². The minimum absolute atomic E-state index is 0.0458. The third-order valence-corrected chi connectivity index (χ3v) is 4.09. The van der Waals surface area contributed by atoms with Gasteiger partial charge in [0.2, 0.25) is 5.91 Å². The molecule has 2 aromatic rings. The normalized spacial score (nSPS) is 16.0. The van der Waals surface area contributed by atoms with Crippen LogP contribution in [0.4, 0.5) is 0 Å². The SMILES string of the molecule is O=C1CSC(=NN=Cc2ccccc2OCCCn2ccnc2)N1. The number of amides is 1. The lowest BCUT2D eigenvalue weighted by molar-refractivity contribution is -0.116. The van der Waals surface area contributed by atoms with Crippen LogP contribution in [0.1, 0.15) is 12.0 Å². The van der Waals surface area contributed by atoms with E-state index in [1.165, 1.54) is 11.8 Å². The molecule has 0 atom stereocenters. The number of carbonyl (C=O) groups is 1. The van der Waals surface area contributed by atoms with Crippen LogP contribution in [0.15, 0.2) is 53.2 Å². The van der Waals surface area contributed by atoms with Crippen LogP contribution >= 0.6 is 11.8 Å². The van der Waals surface area contributed by atoms with E-state index in [0.717, 1.165) is 24.3 Å². The van der Waals surface area contributed by atoms with Crippen molar-refractivity contribution in [2.45, 2.75) is 13.0 Å². The second kappa shape index (κ2) is 8.30. The Hall–Kier alpha value is -2.61. The summed E-state index contributed by atoms with van der Waals surface area (Å²) in [6.45, 7) is 1.46. The Balaban J connectivity index is 1.53. The number of imidazole rings is 1. The Labute approximate surface area is 143 Å². The van der Waals surface area contributed by atoms with E-state index in [0.29, 0.717) is 17.5 Å². The number of hydrogen-bond acceptors (Lipinski definition) is 6. The molecule has 1 aliphatic heterocycles. The standard InChI is InChI=1S/C16H17N5O2S/c22-15-11-24-16(19-15)20-18-10-13-4-1-2-5-14(13)23-9-3-7-21-8-6-17-12-21/h1-2,4-6,8,10,12H,3,7,9,11H2,(H,19,20,22). The first kappa shape index (κ1) is 16.3. The van der Waals surface area contributed by atoms with E-state index in [-0.39, 0.29) is 5.91 Å². The van der Waals surface area contributed by atoms with Crippen LogP contribution in [-0.4, -0.2) is 39.2 Å². The number of aromatic nitrogens is 2. The molecular formula is C16H17N5O2S. The molecule has 1 aromatic carbocycles. The Kier molecular flexibility index (Phi) is 5.62. The average molecular weight is 343 g/mol. The summed E-state index contributed by atoms with van der Waals surface area (Å²) in [4.78, 5) is 15.1. The van der Waals surface area contributed by atoms with Crippen LogP contribution < -0.4 is 10.1 Å². The van der Waals surface area contributed by atoms with Crippen molar-refractivity contribution in [2.24, 2.45) is 10.2 Å². The van der Waals surface area contributed by atoms with Crippen molar-refractivity contribution in [1.29, 1.82) is 0 Å². The highest BCUT2D eigenvalue weighted by Gasteiger charge is 2.15. The molecule has 8 heteroatoms. The molecule has 0 saturated carbocycles. The van der Waals surface area contributed by atoms with Crippen molar-refractivity contribution in [1.82, 2.24) is 14.9 Å². The van der Waals surface area contributed by atoms with Crippen molar-refractivity contribution >= 4 is 29.1 Å². The first-order valence-corrected chi connectivity index (χ1v) is 8.51. The molecule has 0 aliphatic carbocycles. The van der Waals surface area contributed by atoms with E-state index in [1.54, 1.807) is 18.7 Å². The molecule has 0 bridgehead atoms. The van der Waals surface area contributed by atoms with E-state index in [9.17, 15) is 4.79 Å². The van der Waals surface area contributed by atoms with E-state index in [2.05, 4.69) is 20.5 Å². The maximum absolute atomic E-state index is 11.1. The molecule has 3 rings (SSSR count). The van der Waals surface area contributed by atoms with Crippen LogP contribution in [0.2, 0.25) is 0 Å². The average Bonchev–Trinajstić information content (AvgIpc) is 3.25. The second-order valence-corrected chi connectivity index (χ2v) is 5.99. The minimum Gasteiger partial charge on any atom is -0.493 e. The van der Waals surface area contributed by atoms with Crippen molar-refractivity contribution in [3.05, 3.63) is 48.5 Å². The fraction of sp³-hybridized carbons (Fsp3) is 0.250. The second-order valence-electron chi connectivity index (χ2n) is 5.03. The Morgan fingerprint density at radius 1 is 1.42 bits per heavy atom. The van der Waals surface area contributed by atoms with Gasteiger partial charge in [-0.2, -0.15) is 5.10 Å². The van der Waals surface area contributed by atoms with Gasteiger partial charge in [-0.1, -0.05) is 23.9 Å². The van der Waals surface area contributed by atoms with Gasteiger partial charge in [-0.15, -0.1) is 5.10 Å². The number of thioether (sulfide) groups is 1. The van der Waals surface area contributed by atoms with Gasteiger partial charge in [0.05, 0.1) is 24.9 Å². The molecule has 1 aliphatic rings. The van der Waals surface area contributed by atoms with Crippen LogP contribution in [0.3, 0.4) is 0 Å². The first-order chi connectivity index (χ1) is 11.8. The highest BCUT2D eigenvalue weighted by molar-refractivity contribution is 8.15. The predicted octanol–water partition coefficient (Wildman–Crippen LogP) is 1.91. The lowest BCUT2D eigenvalue weighted by atomic mass is 10.2. The van der Waals surface area contributed by atoms with E-state index in [1.807, 2.05) is 35.0 Å². The molecule has 7 nitrogen and oxygen atoms in total. The number of aryl methyl sites for hydroxylation is 1. The van der Waals surface area contributed by atoms with Gasteiger partial charge < -0.3 is 14.6 Å². The zero-order chi connectivity index (χ0) is 16.6. The molecule has 1 aromatic heterocycles. The number of para-hydroxylation sites is 1. The summed E-state index contributed by atoms with van der Waals surface area (Å²) >= 11 is 1.34. The molecule has 1 N–H and O–H groups in total. The summed E-state index contributed by atoms with van der Waals surface area (Å²) in [6.07, 6.45) is 7.99. The maximum Gasteiger partial charge on any atom is 0.236 e. The van der Waals surface area contributed by atoms with Crippen molar-refractivity contribution in [3.63, 3.8) is 0 Å². The lowest BCUT2D eigenvalue weighted by Gasteiger charge is -2.08. The number of hydrogen-bond donors (Lipinski definition) is 1. The quantitative estimate of drug-likeness (QED) is 0.473. The van der Waals surface area contributed by atoms with E-state index < -0.39 is 0 Å². The van der Waals surface area contributed by atoms with E-state index in [4.69, 9.17) is 4.74 Å². The highest BCUT2D eigenvalue weighted by Crippen LogP contribution is 2.16. The third-order valence-electron chi connectivity index (χ3n) is 3.23. The zero-order valence-electron chi connectivity index (χ0n) is 13.0. The summed E-state index contributed by atoms with van der Waals surface area (Å²) in [5, 5.41) is 11.2. The van der Waals surface area contributed by atoms with Gasteiger partial charge in [0.25, 0.3) is 0 Å². The number of carbonyl (C=O) groups excluding carboxylic acids is 1. The van der Waals surface area contributed by atoms with Crippen molar-refractivity contribution < 1.29 is 9.53 Å². The Morgan fingerprint density at radius 2 is 2.33 bits per heavy atom. The summed E-state index contributed by atoms with van der Waals surface area (Å²) in [6, 6.07) is 7.65. The molecule has 1 fully saturated rings. The Bertz CT molecular complexity index is 743. The number of amidine groups is 1. The van der Waals surface area contributed by atoms with Crippen LogP contribution in [-0.2, 0) is 11.3 Å². The smallest absolute Gasteiger partial charge is 0.236 e. The van der Waals surface area contributed by atoms with Gasteiger partial charge in [-0.05, 0) is 18.6 Å². The lowest BCUT2D eigenvalue weighted by Crippen LogP contribution is -2.19. The van der Waals surface area contributed by atoms with Crippen molar-refractivity contribution in [3.8, 4) is 5.75 Å². The number of nitrogens with one attached hydrogen (secondary N) is 1. The van der Waals surface area contributed by atoms with Gasteiger partial charge in [-0.25, -0.2) is 4.98 Å². The van der Waals surface area contributed by atoms with Crippen LogP contribution in [0.25, 0.3) is 0 Å². The zero-order valence-corrected chi connectivity index (χ0v) is 13.8. The molecular weight excluding hydrogens is 326 g/mol. The number of ether oxygens (including phenoxy) is 1.